The molecule has 2 N–H and O–H groups in total. The highest BCUT2D eigenvalue weighted by atomic mass is 32.2. The van der Waals surface area contributed by atoms with Crippen LogP contribution < -0.4 is 5.32 Å². The number of amides is 2. The van der Waals surface area contributed by atoms with Crippen LogP contribution in [-0.2, 0) is 14.4 Å². The Morgan fingerprint density at radius 3 is 2.48 bits per heavy atom. The van der Waals surface area contributed by atoms with E-state index in [2.05, 4.69) is 5.32 Å². The Morgan fingerprint density at radius 1 is 1.32 bits per heavy atom. The van der Waals surface area contributed by atoms with Gasteiger partial charge in [0, 0.05) is 0 Å². The van der Waals surface area contributed by atoms with Crippen molar-refractivity contribution in [2.24, 2.45) is 0 Å². The van der Waals surface area contributed by atoms with Gasteiger partial charge in [0.25, 0.3) is 5.91 Å². The molecule has 0 aliphatic carbocycles. The Morgan fingerprint density at radius 2 is 1.92 bits per heavy atom. The van der Waals surface area contributed by atoms with Crippen LogP contribution in [0.1, 0.15) is 19.4 Å². The first kappa shape index (κ1) is 19.1. The minimum absolute atomic E-state index is 0.198. The lowest BCUT2D eigenvalue weighted by Crippen LogP contribution is -2.50. The van der Waals surface area contributed by atoms with Gasteiger partial charge in [0.05, 0.1) is 4.91 Å². The molecule has 1 aliphatic rings. The maximum absolute atomic E-state index is 12.9. The molecule has 6 nitrogen and oxygen atoms in total. The van der Waals surface area contributed by atoms with Gasteiger partial charge < -0.3 is 10.4 Å². The van der Waals surface area contributed by atoms with Crippen molar-refractivity contribution in [2.75, 3.05) is 0 Å². The van der Waals surface area contributed by atoms with Crippen LogP contribution in [0.3, 0.4) is 0 Å². The minimum Gasteiger partial charge on any atom is -0.480 e. The van der Waals surface area contributed by atoms with Gasteiger partial charge in [-0.2, -0.15) is 0 Å². The number of benzene rings is 1. The van der Waals surface area contributed by atoms with E-state index in [0.717, 1.165) is 16.7 Å². The zero-order valence-electron chi connectivity index (χ0n) is 13.4. The zero-order valence-corrected chi connectivity index (χ0v) is 15.0. The molecule has 0 spiro atoms. The first-order valence-electron chi connectivity index (χ1n) is 7.26. The van der Waals surface area contributed by atoms with Gasteiger partial charge in [0.1, 0.15) is 22.2 Å². The van der Waals surface area contributed by atoms with E-state index >= 15 is 0 Å². The van der Waals surface area contributed by atoms with Gasteiger partial charge in [-0.15, -0.1) is 0 Å². The van der Waals surface area contributed by atoms with E-state index in [1.165, 1.54) is 38.1 Å². The Labute approximate surface area is 153 Å². The number of nitrogens with one attached hydrogen (secondary N) is 1. The molecule has 132 valence electrons. The highest BCUT2D eigenvalue weighted by molar-refractivity contribution is 8.26. The molecule has 9 heteroatoms. The first-order valence-corrected chi connectivity index (χ1v) is 8.49. The van der Waals surface area contributed by atoms with Crippen molar-refractivity contribution in [2.45, 2.75) is 25.9 Å². The summed E-state index contributed by atoms with van der Waals surface area (Å²) in [5.41, 5.74) is 0.624. The van der Waals surface area contributed by atoms with Gasteiger partial charge in [-0.1, -0.05) is 36.1 Å². The second-order valence-corrected chi connectivity index (χ2v) is 7.02. The van der Waals surface area contributed by atoms with Gasteiger partial charge in [0.15, 0.2) is 0 Å². The standard InChI is InChI=1S/C16H15FN2O4S2/c1-8(15(22)23)18-13(20)9(2)19-14(21)12(25-16(19)24)7-10-3-5-11(17)6-4-10/h3-9H,1-2H3,(H,18,20)(H,22,23)/b12-7-. The van der Waals surface area contributed by atoms with Crippen molar-refractivity contribution in [3.05, 3.63) is 40.6 Å². The molecule has 0 saturated carbocycles. The molecule has 0 radical (unpaired) electrons. The van der Waals surface area contributed by atoms with Crippen molar-refractivity contribution in [1.29, 1.82) is 0 Å². The number of nitrogens with zero attached hydrogens (tertiary/aromatic N) is 1. The van der Waals surface area contributed by atoms with Gasteiger partial charge >= 0.3 is 5.97 Å². The third-order valence-electron chi connectivity index (χ3n) is 3.49. The summed E-state index contributed by atoms with van der Waals surface area (Å²) in [5, 5.41) is 11.2. The number of hydrogen-bond acceptors (Lipinski definition) is 5. The molecule has 2 atom stereocenters. The Bertz CT molecular complexity index is 764. The number of thioether (sulfide) groups is 1. The van der Waals surface area contributed by atoms with E-state index in [9.17, 15) is 18.8 Å². The topological polar surface area (TPSA) is 86.7 Å². The van der Waals surface area contributed by atoms with Crippen LogP contribution >= 0.6 is 24.0 Å². The molecular formula is C16H15FN2O4S2. The van der Waals surface area contributed by atoms with E-state index in [-0.39, 0.29) is 10.1 Å². The summed E-state index contributed by atoms with van der Waals surface area (Å²) in [5.74, 6) is -2.64. The van der Waals surface area contributed by atoms with Crippen LogP contribution in [0, 0.1) is 5.82 Å². The first-order chi connectivity index (χ1) is 11.7. The van der Waals surface area contributed by atoms with Gasteiger partial charge in [0.2, 0.25) is 5.91 Å². The molecule has 1 aromatic carbocycles. The number of carbonyl (C=O) groups excluding carboxylic acids is 2. The van der Waals surface area contributed by atoms with Crippen LogP contribution in [-0.4, -0.2) is 44.2 Å². The molecule has 0 aromatic heterocycles. The summed E-state index contributed by atoms with van der Waals surface area (Å²) in [6, 6.07) is 3.56. The lowest BCUT2D eigenvalue weighted by molar-refractivity contribution is -0.142. The maximum Gasteiger partial charge on any atom is 0.325 e. The Balaban J connectivity index is 2.16. The molecule has 1 aromatic rings. The number of carbonyl (C=O) groups is 3. The molecule has 1 aliphatic heterocycles. The van der Waals surface area contributed by atoms with E-state index < -0.39 is 29.9 Å². The van der Waals surface area contributed by atoms with Gasteiger partial charge in [-0.25, -0.2) is 4.39 Å². The maximum atomic E-state index is 12.9. The molecule has 1 heterocycles. The second-order valence-electron chi connectivity index (χ2n) is 5.35. The number of thiocarbonyl (C=S) groups is 1. The SMILES string of the molecule is CC(NC(=O)C(C)N1C(=O)/C(=C/c2ccc(F)cc2)SC1=S)C(=O)O. The van der Waals surface area contributed by atoms with E-state index in [4.69, 9.17) is 17.3 Å². The van der Waals surface area contributed by atoms with Crippen molar-refractivity contribution >= 4 is 52.2 Å². The molecule has 2 amide bonds. The number of carboxylic acids is 1. The molecule has 2 unspecified atom stereocenters. The third kappa shape index (κ3) is 4.43. The summed E-state index contributed by atoms with van der Waals surface area (Å²) in [7, 11) is 0. The second kappa shape index (κ2) is 7.75. The van der Waals surface area contributed by atoms with Crippen LogP contribution in [0.2, 0.25) is 0 Å². The fraction of sp³-hybridized carbons (Fsp3) is 0.250. The lowest BCUT2D eigenvalue weighted by atomic mass is 10.2. The van der Waals surface area contributed by atoms with Crippen molar-refractivity contribution in [1.82, 2.24) is 10.2 Å². The molecule has 25 heavy (non-hydrogen) atoms. The predicted molar refractivity (Wildman–Crippen MR) is 96.1 cm³/mol. The average molecular weight is 382 g/mol. The largest absolute Gasteiger partial charge is 0.480 e. The smallest absolute Gasteiger partial charge is 0.325 e. The lowest BCUT2D eigenvalue weighted by Gasteiger charge is -2.23. The van der Waals surface area contributed by atoms with Crippen LogP contribution in [0.4, 0.5) is 4.39 Å². The van der Waals surface area contributed by atoms with E-state index in [1.807, 2.05) is 0 Å². The van der Waals surface area contributed by atoms with Crippen LogP contribution in [0.25, 0.3) is 6.08 Å². The van der Waals surface area contributed by atoms with Gasteiger partial charge in [-0.05, 0) is 37.6 Å². The fourth-order valence-electron chi connectivity index (χ4n) is 2.04. The quantitative estimate of drug-likeness (QED) is 0.598. The summed E-state index contributed by atoms with van der Waals surface area (Å²) >= 11 is 6.19. The highest BCUT2D eigenvalue weighted by Gasteiger charge is 2.38. The molecule has 1 fully saturated rings. The van der Waals surface area contributed by atoms with Crippen LogP contribution in [0.15, 0.2) is 29.2 Å². The molecule has 0 bridgehead atoms. The number of carboxylic acid groups (broad SMARTS) is 1. The number of aliphatic carboxylic acids is 1. The Hall–Kier alpha value is -2.26. The van der Waals surface area contributed by atoms with Crippen molar-refractivity contribution in [3.8, 4) is 0 Å². The van der Waals surface area contributed by atoms with Gasteiger partial charge in [-0.3, -0.25) is 19.3 Å². The molecular weight excluding hydrogens is 367 g/mol. The summed E-state index contributed by atoms with van der Waals surface area (Å²) < 4.78 is 13.1. The third-order valence-corrected chi connectivity index (χ3v) is 4.82. The Kier molecular flexibility index (Phi) is 5.91. The van der Waals surface area contributed by atoms with E-state index in [1.54, 1.807) is 6.08 Å². The predicted octanol–water partition coefficient (Wildman–Crippen LogP) is 2.00. The number of rotatable bonds is 5. The van der Waals surface area contributed by atoms with Crippen LogP contribution in [0.5, 0.6) is 0 Å². The van der Waals surface area contributed by atoms with Crippen molar-refractivity contribution in [3.63, 3.8) is 0 Å². The highest BCUT2D eigenvalue weighted by Crippen LogP contribution is 2.34. The van der Waals surface area contributed by atoms with Crippen molar-refractivity contribution < 1.29 is 23.9 Å². The molecule has 2 rings (SSSR count). The normalized spacial score (nSPS) is 18.4. The summed E-state index contributed by atoms with van der Waals surface area (Å²) in [4.78, 5) is 36.9. The number of hydrogen-bond donors (Lipinski definition) is 2. The zero-order chi connectivity index (χ0) is 18.7. The monoisotopic (exact) mass is 382 g/mol. The molecule has 1 saturated heterocycles. The fourth-order valence-corrected chi connectivity index (χ4v) is 3.46. The van der Waals surface area contributed by atoms with E-state index in [0.29, 0.717) is 10.5 Å². The minimum atomic E-state index is -1.18. The summed E-state index contributed by atoms with van der Waals surface area (Å²) in [6.07, 6.45) is 1.56. The summed E-state index contributed by atoms with van der Waals surface area (Å²) in [6.45, 7) is 2.79. The number of halogens is 1. The average Bonchev–Trinajstić information content (AvgIpc) is 2.82.